The highest BCUT2D eigenvalue weighted by Gasteiger charge is 2.28. The molecule has 0 N–H and O–H groups in total. The van der Waals surface area contributed by atoms with Gasteiger partial charge in [-0.2, -0.15) is 4.31 Å². The third-order valence-corrected chi connectivity index (χ3v) is 6.31. The number of sulfonamides is 1. The van der Waals surface area contributed by atoms with E-state index in [4.69, 9.17) is 4.74 Å². The lowest BCUT2D eigenvalue weighted by Crippen LogP contribution is -2.36. The zero-order valence-electron chi connectivity index (χ0n) is 17.2. The van der Waals surface area contributed by atoms with Crippen molar-refractivity contribution in [3.05, 3.63) is 59.7 Å². The molecule has 0 fully saturated rings. The van der Waals surface area contributed by atoms with Gasteiger partial charge in [0.05, 0.1) is 13.7 Å². The molecule has 0 radical (unpaired) electrons. The maximum absolute atomic E-state index is 13.2. The minimum Gasteiger partial charge on any atom is -0.495 e. The molecule has 0 unspecified atom stereocenters. The van der Waals surface area contributed by atoms with Crippen molar-refractivity contribution in [2.24, 2.45) is 0 Å². The third-order valence-electron chi connectivity index (χ3n) is 4.49. The van der Waals surface area contributed by atoms with Crippen LogP contribution in [0.2, 0.25) is 0 Å². The fourth-order valence-electron chi connectivity index (χ4n) is 3.00. The zero-order valence-corrected chi connectivity index (χ0v) is 18.0. The van der Waals surface area contributed by atoms with E-state index in [2.05, 4.69) is 0 Å². The normalized spacial score (nSPS) is 11.7. The summed E-state index contributed by atoms with van der Waals surface area (Å²) in [6.07, 6.45) is -2.18. The number of hydrogen-bond donors (Lipinski definition) is 0. The smallest absolute Gasteiger partial charge is 0.255 e. The lowest BCUT2D eigenvalue weighted by atomic mass is 10.2. The van der Waals surface area contributed by atoms with Gasteiger partial charge >= 0.3 is 0 Å². The SMILES string of the molecule is CCCN(CC(F)F)C(=O)c1ccc(OC)c(S(=O)(=O)N(C)Cc2ccccc2)c1. The Balaban J connectivity index is 2.40. The lowest BCUT2D eigenvalue weighted by molar-refractivity contribution is 0.0555. The molecule has 0 atom stereocenters. The van der Waals surface area contributed by atoms with Crippen LogP contribution in [0.3, 0.4) is 0 Å². The van der Waals surface area contributed by atoms with E-state index >= 15 is 0 Å². The number of amides is 1. The second-order valence-corrected chi connectivity index (χ2v) is 8.77. The molecule has 2 aromatic carbocycles. The van der Waals surface area contributed by atoms with Crippen molar-refractivity contribution in [1.82, 2.24) is 9.21 Å². The fraction of sp³-hybridized carbons (Fsp3) is 0.381. The number of rotatable bonds is 10. The molecule has 2 rings (SSSR count). The predicted octanol–water partition coefficient (Wildman–Crippen LogP) is 3.63. The first-order valence-electron chi connectivity index (χ1n) is 9.46. The van der Waals surface area contributed by atoms with Crippen LogP contribution in [0.15, 0.2) is 53.4 Å². The Labute approximate surface area is 176 Å². The standard InChI is InChI=1S/C21H26F2N2O4S/c1-4-12-25(15-20(22)23)21(26)17-10-11-18(29-3)19(13-17)30(27,28)24(2)14-16-8-6-5-7-9-16/h5-11,13,20H,4,12,14-15H2,1-3H3. The molecular formula is C21H26F2N2O4S. The van der Waals surface area contributed by atoms with Gasteiger partial charge in [-0.25, -0.2) is 17.2 Å². The van der Waals surface area contributed by atoms with Gasteiger partial charge in [-0.1, -0.05) is 37.3 Å². The summed E-state index contributed by atoms with van der Waals surface area (Å²) < 4.78 is 58.4. The van der Waals surface area contributed by atoms with E-state index in [-0.39, 0.29) is 29.3 Å². The van der Waals surface area contributed by atoms with Crippen LogP contribution < -0.4 is 4.74 Å². The molecule has 0 bridgehead atoms. The monoisotopic (exact) mass is 440 g/mol. The highest BCUT2D eigenvalue weighted by molar-refractivity contribution is 7.89. The minimum absolute atomic E-state index is 0.0107. The quantitative estimate of drug-likeness (QED) is 0.566. The number of alkyl halides is 2. The van der Waals surface area contributed by atoms with E-state index in [1.165, 1.54) is 32.4 Å². The summed E-state index contributed by atoms with van der Waals surface area (Å²) in [6.45, 7) is 1.33. The molecule has 0 aromatic heterocycles. The van der Waals surface area contributed by atoms with E-state index in [1.54, 1.807) is 31.2 Å². The lowest BCUT2D eigenvalue weighted by Gasteiger charge is -2.23. The maximum Gasteiger partial charge on any atom is 0.255 e. The van der Waals surface area contributed by atoms with Gasteiger partial charge in [0.1, 0.15) is 10.6 Å². The van der Waals surface area contributed by atoms with Crippen LogP contribution in [-0.2, 0) is 16.6 Å². The van der Waals surface area contributed by atoms with Gasteiger partial charge in [-0.3, -0.25) is 4.79 Å². The largest absolute Gasteiger partial charge is 0.495 e. The minimum atomic E-state index is -4.01. The molecular weight excluding hydrogens is 414 g/mol. The zero-order chi connectivity index (χ0) is 22.3. The number of carbonyl (C=O) groups is 1. The van der Waals surface area contributed by atoms with Crippen LogP contribution in [0.4, 0.5) is 8.78 Å². The maximum atomic E-state index is 13.2. The van der Waals surface area contributed by atoms with Gasteiger partial charge in [-0.05, 0) is 30.2 Å². The topological polar surface area (TPSA) is 66.9 Å². The van der Waals surface area contributed by atoms with Crippen LogP contribution >= 0.6 is 0 Å². The first-order chi connectivity index (χ1) is 14.2. The van der Waals surface area contributed by atoms with Gasteiger partial charge in [-0.15, -0.1) is 0 Å². The van der Waals surface area contributed by atoms with Crippen molar-refractivity contribution in [2.75, 3.05) is 27.2 Å². The third kappa shape index (κ3) is 5.76. The summed E-state index contributed by atoms with van der Waals surface area (Å²) in [5, 5.41) is 0. The van der Waals surface area contributed by atoms with E-state index in [9.17, 15) is 22.0 Å². The molecule has 0 aliphatic carbocycles. The van der Waals surface area contributed by atoms with E-state index in [0.717, 1.165) is 14.8 Å². The second-order valence-electron chi connectivity index (χ2n) is 6.75. The van der Waals surface area contributed by atoms with Crippen LogP contribution in [0.25, 0.3) is 0 Å². The molecule has 0 saturated carbocycles. The van der Waals surface area contributed by atoms with Crippen LogP contribution in [0.5, 0.6) is 5.75 Å². The van der Waals surface area contributed by atoms with Crippen molar-refractivity contribution >= 4 is 15.9 Å². The van der Waals surface area contributed by atoms with Crippen LogP contribution in [-0.4, -0.2) is 57.2 Å². The highest BCUT2D eigenvalue weighted by Crippen LogP contribution is 2.29. The summed E-state index contributed by atoms with van der Waals surface area (Å²) >= 11 is 0. The molecule has 0 aliphatic rings. The highest BCUT2D eigenvalue weighted by atomic mass is 32.2. The first-order valence-corrected chi connectivity index (χ1v) is 10.9. The van der Waals surface area contributed by atoms with Gasteiger partial charge in [0.2, 0.25) is 10.0 Å². The predicted molar refractivity (Wildman–Crippen MR) is 110 cm³/mol. The number of halogens is 2. The number of nitrogens with zero attached hydrogens (tertiary/aromatic N) is 2. The Bertz CT molecular complexity index is 953. The molecule has 0 saturated heterocycles. The van der Waals surface area contributed by atoms with Crippen LogP contribution in [0, 0.1) is 0 Å². The molecule has 2 aromatic rings. The van der Waals surface area contributed by atoms with Gasteiger partial charge in [0.25, 0.3) is 12.3 Å². The number of methoxy groups -OCH3 is 1. The molecule has 1 amide bonds. The van der Waals surface area contributed by atoms with Crippen molar-refractivity contribution in [1.29, 1.82) is 0 Å². The fourth-order valence-corrected chi connectivity index (χ4v) is 4.34. The molecule has 164 valence electrons. The van der Waals surface area contributed by atoms with Gasteiger partial charge < -0.3 is 9.64 Å². The summed E-state index contributed by atoms with van der Waals surface area (Å²) in [5.41, 5.74) is 0.803. The Morgan fingerprint density at radius 2 is 1.80 bits per heavy atom. The molecule has 0 spiro atoms. The van der Waals surface area contributed by atoms with Gasteiger partial charge in [0.15, 0.2) is 0 Å². The van der Waals surface area contributed by atoms with E-state index < -0.39 is 28.9 Å². The Morgan fingerprint density at radius 3 is 2.37 bits per heavy atom. The van der Waals surface area contributed by atoms with Crippen molar-refractivity contribution in [3.8, 4) is 5.75 Å². The van der Waals surface area contributed by atoms with Crippen molar-refractivity contribution in [3.63, 3.8) is 0 Å². The molecule has 6 nitrogen and oxygen atoms in total. The molecule has 0 heterocycles. The Kier molecular flexibility index (Phi) is 8.31. The first kappa shape index (κ1) is 23.8. The van der Waals surface area contributed by atoms with Crippen LogP contribution in [0.1, 0.15) is 29.3 Å². The molecule has 30 heavy (non-hydrogen) atoms. The number of ether oxygens (including phenoxy) is 1. The Hall–Kier alpha value is -2.52. The molecule has 9 heteroatoms. The number of benzene rings is 2. The van der Waals surface area contributed by atoms with Crippen molar-refractivity contribution < 1.29 is 26.7 Å². The number of carbonyl (C=O) groups excluding carboxylic acids is 1. The molecule has 0 aliphatic heterocycles. The average Bonchev–Trinajstić information content (AvgIpc) is 2.72. The van der Waals surface area contributed by atoms with E-state index in [1.807, 2.05) is 6.07 Å². The summed E-state index contributed by atoms with van der Waals surface area (Å²) in [7, 11) is -1.25. The summed E-state index contributed by atoms with van der Waals surface area (Å²) in [4.78, 5) is 13.6. The van der Waals surface area contributed by atoms with Crippen molar-refractivity contribution in [2.45, 2.75) is 31.2 Å². The van der Waals surface area contributed by atoms with Gasteiger partial charge in [0, 0.05) is 25.7 Å². The average molecular weight is 441 g/mol. The number of hydrogen-bond acceptors (Lipinski definition) is 4. The summed E-state index contributed by atoms with van der Waals surface area (Å²) in [6, 6.07) is 13.0. The summed E-state index contributed by atoms with van der Waals surface area (Å²) in [5.74, 6) is -0.579. The van der Waals surface area contributed by atoms with E-state index in [0.29, 0.717) is 6.42 Å². The second kappa shape index (κ2) is 10.5. The Morgan fingerprint density at radius 1 is 1.13 bits per heavy atom.